The highest BCUT2D eigenvalue weighted by molar-refractivity contribution is 6.34. The normalized spacial score (nSPS) is 17.9. The number of ether oxygens (including phenoxy) is 1. The summed E-state index contributed by atoms with van der Waals surface area (Å²) in [6.07, 6.45) is 10.0. The molecule has 0 bridgehead atoms. The van der Waals surface area contributed by atoms with Gasteiger partial charge in [-0.25, -0.2) is 4.39 Å². The van der Waals surface area contributed by atoms with Gasteiger partial charge in [0.1, 0.15) is 41.9 Å². The first-order chi connectivity index (χ1) is 53.5. The van der Waals surface area contributed by atoms with E-state index in [-0.39, 0.29) is 17.3 Å². The summed E-state index contributed by atoms with van der Waals surface area (Å²) in [6, 6.07) is 75.6. The Bertz CT molecular complexity index is 5050. The second-order valence-electron chi connectivity index (χ2n) is 29.5. The highest BCUT2D eigenvalue weighted by atomic mass is 35.5. The summed E-state index contributed by atoms with van der Waals surface area (Å²) in [5, 5.41) is 49.1. The first-order valence-electron chi connectivity index (χ1n) is 37.6. The summed E-state index contributed by atoms with van der Waals surface area (Å²) < 4.78 is 18.5. The molecule has 0 aromatic heterocycles. The zero-order chi connectivity index (χ0) is 79.2. The Morgan fingerprint density at radius 3 is 0.964 bits per heavy atom. The van der Waals surface area contributed by atoms with E-state index in [9.17, 15) is 4.39 Å². The van der Waals surface area contributed by atoms with Gasteiger partial charge in [0.2, 0.25) is 0 Å². The molecular formula is C93H89Cl6FN10O. The summed E-state index contributed by atoms with van der Waals surface area (Å²) in [5.41, 5.74) is 19.6. The zero-order valence-electron chi connectivity index (χ0n) is 63.8. The number of halogens is 7. The van der Waals surface area contributed by atoms with Gasteiger partial charge < -0.3 is 29.2 Å². The maximum atomic E-state index is 13.1. The van der Waals surface area contributed by atoms with Crippen molar-refractivity contribution in [2.75, 3.05) is 64.3 Å². The van der Waals surface area contributed by atoms with Gasteiger partial charge in [-0.15, -0.1) is 0 Å². The van der Waals surface area contributed by atoms with Gasteiger partial charge in [0.25, 0.3) is 0 Å². The Morgan fingerprint density at radius 2 is 0.640 bits per heavy atom. The smallest absolute Gasteiger partial charge is 0.123 e. The topological polar surface area (TPSA) is 144 Å². The average Bonchev–Trinajstić information content (AvgIpc) is 1.63. The van der Waals surface area contributed by atoms with Crippen LogP contribution in [-0.4, -0.2) is 39.8 Å². The molecule has 10 aromatic rings. The van der Waals surface area contributed by atoms with Crippen LogP contribution in [0.2, 0.25) is 30.1 Å². The fraction of sp³-hybridized carbons (Fsp3) is 0.301. The number of nitriles is 5. The lowest BCUT2D eigenvalue weighted by Crippen LogP contribution is -2.25. The number of hydrogen-bond acceptors (Lipinski definition) is 11. The van der Waals surface area contributed by atoms with E-state index in [1.54, 1.807) is 13.2 Å². The lowest BCUT2D eigenvalue weighted by Gasteiger charge is -2.29. The molecule has 5 aliphatic heterocycles. The van der Waals surface area contributed by atoms with Crippen LogP contribution in [0.1, 0.15) is 185 Å². The van der Waals surface area contributed by atoms with Gasteiger partial charge in [-0.3, -0.25) is 0 Å². The molecule has 0 aliphatic carbocycles. The second-order valence-corrected chi connectivity index (χ2v) is 31.9. The number of methoxy groups -OCH3 is 1. The SMILES string of the molecule is COc1cccc(C2CCCN2c2ccc(C#N)c(Cl)c2C)c1.Cc1c(N2CC(C)(C)CC2c2ccccc2)ccc(C#N)c1Cl.Cc1c(N2CCCC2c2ccc(Cl)cc2)ccc(C#N)c1Cl.Cc1c(N2CCCC2c2ccc(F)cc2)ccc(C#N)c1Cl.Cc1c(N2CCCC2c2ccccc2)ccc(C#N)c1Cl. The van der Waals surface area contributed by atoms with Crippen LogP contribution in [0.3, 0.4) is 0 Å². The van der Waals surface area contributed by atoms with Crippen molar-refractivity contribution in [2.45, 2.75) is 136 Å². The number of rotatable bonds is 11. The molecular weight excluding hydrogens is 1500 g/mol. The summed E-state index contributed by atoms with van der Waals surface area (Å²) in [6.45, 7) is 19.5. The standard InChI is InChI=1S/C20H21ClN2.C19H19ClN2O.C18H16Cl2N2.C18H16ClFN2.C18H17ClN2/c1-14-17(10-9-16(12-22)19(14)21)23-13-20(2,3)11-18(23)15-7-5-4-6-8-15;1-13-17(9-8-15(12-21)19(13)20)22-10-4-7-18(22)14-5-3-6-16(11-14)23-2;1-12-16(9-6-14(11-21)18(12)20)22-10-2-3-17(22)13-4-7-15(19)8-5-13;1-12-16(9-6-14(11-21)18(12)19)22-10-2-3-17(22)13-4-7-15(20)8-5-13;1-13-16(10-9-15(12-20)18(13)19)21-11-5-8-17(21)14-6-3-2-4-7-14/h4-10,18H,11,13H2,1-3H3;3,5-6,8-9,11,18H,4,7,10H2,1-2H3;2*4-9,17H,2-3,10H2,1H3;2-4,6-7,9-10,17H,5,8,11H2,1H3. The number of anilines is 5. The maximum absolute atomic E-state index is 13.1. The first-order valence-corrected chi connectivity index (χ1v) is 39.8. The molecule has 10 aromatic carbocycles. The molecule has 0 radical (unpaired) electrons. The predicted molar refractivity (Wildman–Crippen MR) is 454 cm³/mol. The van der Waals surface area contributed by atoms with Crippen LogP contribution < -0.4 is 29.2 Å². The second kappa shape index (κ2) is 37.4. The molecule has 11 nitrogen and oxygen atoms in total. The van der Waals surface area contributed by atoms with Crippen LogP contribution in [-0.2, 0) is 0 Å². The Balaban J connectivity index is 0.000000137. The van der Waals surface area contributed by atoms with Crippen molar-refractivity contribution >= 4 is 98.0 Å². The van der Waals surface area contributed by atoms with Crippen LogP contribution in [0.15, 0.2) is 194 Å². The van der Waals surface area contributed by atoms with Crippen molar-refractivity contribution in [3.05, 3.63) is 314 Å². The van der Waals surface area contributed by atoms with Crippen LogP contribution in [0.5, 0.6) is 5.75 Å². The van der Waals surface area contributed by atoms with E-state index in [2.05, 4.69) is 148 Å². The minimum atomic E-state index is -0.217. The molecule has 111 heavy (non-hydrogen) atoms. The van der Waals surface area contributed by atoms with Gasteiger partial charge in [-0.2, -0.15) is 26.3 Å². The van der Waals surface area contributed by atoms with Crippen LogP contribution in [0.25, 0.3) is 0 Å². The van der Waals surface area contributed by atoms with Crippen molar-refractivity contribution < 1.29 is 9.13 Å². The highest BCUT2D eigenvalue weighted by Crippen LogP contribution is 2.49. The lowest BCUT2D eigenvalue weighted by atomic mass is 9.89. The molecule has 0 saturated carbocycles. The van der Waals surface area contributed by atoms with Crippen molar-refractivity contribution in [1.29, 1.82) is 26.3 Å². The largest absolute Gasteiger partial charge is 0.497 e. The Labute approximate surface area is 684 Å². The van der Waals surface area contributed by atoms with E-state index in [1.165, 1.54) is 40.8 Å². The molecule has 0 amide bonds. The Morgan fingerprint density at radius 1 is 0.351 bits per heavy atom. The summed E-state index contributed by atoms with van der Waals surface area (Å²) >= 11 is 37.7. The molecule has 18 heteroatoms. The molecule has 5 saturated heterocycles. The number of nitrogens with zero attached hydrogens (tertiary/aromatic N) is 10. The fourth-order valence-electron chi connectivity index (χ4n) is 16.4. The molecule has 5 fully saturated rings. The van der Waals surface area contributed by atoms with Gasteiger partial charge >= 0.3 is 0 Å². The number of hydrogen-bond donors (Lipinski definition) is 0. The molecule has 566 valence electrons. The van der Waals surface area contributed by atoms with E-state index in [0.717, 1.165) is 157 Å². The molecule has 5 heterocycles. The average molecular weight is 1590 g/mol. The van der Waals surface area contributed by atoms with Gasteiger partial charge in [0, 0.05) is 66.2 Å². The lowest BCUT2D eigenvalue weighted by molar-refractivity contribution is 0.404. The third kappa shape index (κ3) is 18.7. The van der Waals surface area contributed by atoms with Crippen molar-refractivity contribution in [3.8, 4) is 36.1 Å². The molecule has 0 N–H and O–H groups in total. The van der Waals surface area contributed by atoms with Crippen LogP contribution in [0.4, 0.5) is 32.8 Å². The monoisotopic (exact) mass is 1590 g/mol. The van der Waals surface area contributed by atoms with Gasteiger partial charge in [-0.1, -0.05) is 181 Å². The highest BCUT2D eigenvalue weighted by Gasteiger charge is 2.40. The van der Waals surface area contributed by atoms with Gasteiger partial charge in [-0.05, 0) is 251 Å². The van der Waals surface area contributed by atoms with Crippen molar-refractivity contribution in [3.63, 3.8) is 0 Å². The third-order valence-electron chi connectivity index (χ3n) is 22.0. The minimum absolute atomic E-state index is 0.217. The van der Waals surface area contributed by atoms with E-state index in [1.807, 2.05) is 132 Å². The summed E-state index contributed by atoms with van der Waals surface area (Å²) in [7, 11) is 1.69. The molecule has 5 unspecified atom stereocenters. The van der Waals surface area contributed by atoms with E-state index >= 15 is 0 Å². The Kier molecular flexibility index (Phi) is 27.7. The fourth-order valence-corrected chi connectivity index (χ4v) is 17.5. The molecule has 15 rings (SSSR count). The van der Waals surface area contributed by atoms with Gasteiger partial charge in [0.05, 0.1) is 90.2 Å². The van der Waals surface area contributed by atoms with E-state index < -0.39 is 0 Å². The maximum Gasteiger partial charge on any atom is 0.123 e. The van der Waals surface area contributed by atoms with E-state index in [4.69, 9.17) is 101 Å². The quantitative estimate of drug-likeness (QED) is 0.122. The van der Waals surface area contributed by atoms with Crippen LogP contribution >= 0.6 is 69.6 Å². The summed E-state index contributed by atoms with van der Waals surface area (Å²) in [4.78, 5) is 11.9. The number of benzene rings is 10. The van der Waals surface area contributed by atoms with Crippen molar-refractivity contribution in [1.82, 2.24) is 0 Å². The predicted octanol–water partition coefficient (Wildman–Crippen LogP) is 25.7. The van der Waals surface area contributed by atoms with Crippen molar-refractivity contribution in [2.24, 2.45) is 5.41 Å². The van der Waals surface area contributed by atoms with Crippen LogP contribution in [0, 0.1) is 103 Å². The first kappa shape index (κ1) is 82.1. The molecule has 5 aliphatic rings. The molecule has 0 spiro atoms. The minimum Gasteiger partial charge on any atom is -0.497 e. The van der Waals surface area contributed by atoms with Gasteiger partial charge in [0.15, 0.2) is 0 Å². The molecule has 5 atom stereocenters. The zero-order valence-corrected chi connectivity index (χ0v) is 68.3. The third-order valence-corrected chi connectivity index (χ3v) is 24.7. The Hall–Kier alpha value is -9.88. The summed E-state index contributed by atoms with van der Waals surface area (Å²) in [5.74, 6) is 0.662. The van der Waals surface area contributed by atoms with E-state index in [0.29, 0.717) is 77.1 Å².